The van der Waals surface area contributed by atoms with Crippen LogP contribution in [0.2, 0.25) is 5.02 Å². The van der Waals surface area contributed by atoms with E-state index in [2.05, 4.69) is 0 Å². The summed E-state index contributed by atoms with van der Waals surface area (Å²) in [5.41, 5.74) is 0.0983. The van der Waals surface area contributed by atoms with Crippen molar-refractivity contribution in [3.8, 4) is 0 Å². The third-order valence-corrected chi connectivity index (χ3v) is 3.82. The lowest BCUT2D eigenvalue weighted by molar-refractivity contribution is 0.0950. The summed E-state index contributed by atoms with van der Waals surface area (Å²) in [6.07, 6.45) is 5.95. The highest BCUT2D eigenvalue weighted by molar-refractivity contribution is 6.34. The number of rotatable bonds is 3. The summed E-state index contributed by atoms with van der Waals surface area (Å²) in [4.78, 5) is 12.0. The van der Waals surface area contributed by atoms with Crippen LogP contribution < -0.4 is 0 Å². The van der Waals surface area contributed by atoms with Gasteiger partial charge in [0.15, 0.2) is 17.4 Å². The molecule has 0 N–H and O–H groups in total. The summed E-state index contributed by atoms with van der Waals surface area (Å²) in [5, 5.41) is -0.00490. The second-order valence-corrected chi connectivity index (χ2v) is 5.28. The predicted octanol–water partition coefficient (Wildman–Crippen LogP) is 4.77. The SMILES string of the molecule is O=C(CC1CCCCC1)c1cc(F)c(F)cc1Cl. The molecule has 1 nitrogen and oxygen atoms in total. The molecular weight excluding hydrogens is 258 g/mol. The Kier molecular flexibility index (Phi) is 4.33. The lowest BCUT2D eigenvalue weighted by atomic mass is 9.85. The number of carbonyl (C=O) groups excluding carboxylic acids is 1. The first-order valence-electron chi connectivity index (χ1n) is 6.25. The van der Waals surface area contributed by atoms with Crippen LogP contribution in [-0.4, -0.2) is 5.78 Å². The first-order chi connectivity index (χ1) is 8.58. The Hall–Kier alpha value is -0.960. The third-order valence-electron chi connectivity index (χ3n) is 3.51. The Morgan fingerprint density at radius 2 is 1.78 bits per heavy atom. The van der Waals surface area contributed by atoms with E-state index in [0.29, 0.717) is 12.3 Å². The summed E-state index contributed by atoms with van der Waals surface area (Å²) >= 11 is 5.79. The van der Waals surface area contributed by atoms with Gasteiger partial charge in [0.05, 0.1) is 5.02 Å². The lowest BCUT2D eigenvalue weighted by Gasteiger charge is -2.20. The molecule has 0 spiro atoms. The van der Waals surface area contributed by atoms with E-state index < -0.39 is 11.6 Å². The average molecular weight is 273 g/mol. The van der Waals surface area contributed by atoms with Crippen molar-refractivity contribution in [2.75, 3.05) is 0 Å². The maximum atomic E-state index is 13.1. The van der Waals surface area contributed by atoms with E-state index in [1.54, 1.807) is 0 Å². The van der Waals surface area contributed by atoms with Crippen molar-refractivity contribution in [1.29, 1.82) is 0 Å². The maximum absolute atomic E-state index is 13.1. The average Bonchev–Trinajstić information content (AvgIpc) is 2.35. The number of hydrogen-bond acceptors (Lipinski definition) is 1. The van der Waals surface area contributed by atoms with Gasteiger partial charge in [0.25, 0.3) is 0 Å². The fourth-order valence-electron chi connectivity index (χ4n) is 2.50. The van der Waals surface area contributed by atoms with E-state index in [0.717, 1.165) is 37.8 Å². The van der Waals surface area contributed by atoms with Crippen LogP contribution in [-0.2, 0) is 0 Å². The Labute approximate surface area is 110 Å². The summed E-state index contributed by atoms with van der Waals surface area (Å²) < 4.78 is 26.0. The molecule has 0 aliphatic heterocycles. The Morgan fingerprint density at radius 1 is 1.17 bits per heavy atom. The number of benzene rings is 1. The Morgan fingerprint density at radius 3 is 2.44 bits per heavy atom. The highest BCUT2D eigenvalue weighted by Gasteiger charge is 2.20. The summed E-state index contributed by atoms with van der Waals surface area (Å²) in [5.74, 6) is -1.87. The van der Waals surface area contributed by atoms with Crippen molar-refractivity contribution in [1.82, 2.24) is 0 Å². The lowest BCUT2D eigenvalue weighted by Crippen LogP contribution is -2.13. The van der Waals surface area contributed by atoms with Gasteiger partial charge in [-0.1, -0.05) is 43.7 Å². The minimum Gasteiger partial charge on any atom is -0.294 e. The van der Waals surface area contributed by atoms with E-state index in [9.17, 15) is 13.6 Å². The van der Waals surface area contributed by atoms with Crippen LogP contribution in [0.1, 0.15) is 48.9 Å². The van der Waals surface area contributed by atoms with Crippen molar-refractivity contribution in [3.63, 3.8) is 0 Å². The van der Waals surface area contributed by atoms with Gasteiger partial charge in [-0.3, -0.25) is 4.79 Å². The monoisotopic (exact) mass is 272 g/mol. The fourth-order valence-corrected chi connectivity index (χ4v) is 2.76. The molecule has 1 aromatic carbocycles. The molecule has 4 heteroatoms. The topological polar surface area (TPSA) is 17.1 Å². The van der Waals surface area contributed by atoms with Crippen LogP contribution in [0.4, 0.5) is 8.78 Å². The first-order valence-corrected chi connectivity index (χ1v) is 6.63. The molecule has 1 aliphatic rings. The van der Waals surface area contributed by atoms with Crippen molar-refractivity contribution in [2.24, 2.45) is 5.92 Å². The van der Waals surface area contributed by atoms with Crippen LogP contribution in [0.3, 0.4) is 0 Å². The molecule has 0 aromatic heterocycles. The number of hydrogen-bond donors (Lipinski definition) is 0. The summed E-state index contributed by atoms with van der Waals surface area (Å²) in [6, 6.07) is 1.77. The van der Waals surface area contributed by atoms with Gasteiger partial charge in [-0.15, -0.1) is 0 Å². The zero-order valence-electron chi connectivity index (χ0n) is 10.0. The molecule has 0 atom stereocenters. The predicted molar refractivity (Wildman–Crippen MR) is 66.9 cm³/mol. The molecule has 18 heavy (non-hydrogen) atoms. The quantitative estimate of drug-likeness (QED) is 0.572. The fraction of sp³-hybridized carbons (Fsp3) is 0.500. The normalized spacial score (nSPS) is 16.8. The molecule has 0 radical (unpaired) electrons. The van der Waals surface area contributed by atoms with Gasteiger partial charge < -0.3 is 0 Å². The summed E-state index contributed by atoms with van der Waals surface area (Å²) in [6.45, 7) is 0. The Bertz CT molecular complexity index is 453. The van der Waals surface area contributed by atoms with Gasteiger partial charge in [0.2, 0.25) is 0 Å². The smallest absolute Gasteiger partial charge is 0.164 e. The Balaban J connectivity index is 2.10. The highest BCUT2D eigenvalue weighted by Crippen LogP contribution is 2.29. The van der Waals surface area contributed by atoms with E-state index in [-0.39, 0.29) is 16.4 Å². The maximum Gasteiger partial charge on any atom is 0.164 e. The van der Waals surface area contributed by atoms with Crippen LogP contribution in [0.15, 0.2) is 12.1 Å². The van der Waals surface area contributed by atoms with Crippen LogP contribution in [0, 0.1) is 17.6 Å². The third kappa shape index (κ3) is 3.08. The van der Waals surface area contributed by atoms with E-state index in [1.807, 2.05) is 0 Å². The number of carbonyl (C=O) groups is 1. The highest BCUT2D eigenvalue weighted by atomic mass is 35.5. The number of ketones is 1. The molecular formula is C14H15ClF2O. The molecule has 1 saturated carbocycles. The van der Waals surface area contributed by atoms with Gasteiger partial charge in [-0.25, -0.2) is 8.78 Å². The molecule has 0 amide bonds. The summed E-state index contributed by atoms with van der Waals surface area (Å²) in [7, 11) is 0. The van der Waals surface area contributed by atoms with E-state index >= 15 is 0 Å². The van der Waals surface area contributed by atoms with Crippen molar-refractivity contribution in [3.05, 3.63) is 34.4 Å². The molecule has 1 fully saturated rings. The minimum atomic E-state index is -1.02. The molecule has 98 valence electrons. The van der Waals surface area contributed by atoms with E-state index in [4.69, 9.17) is 11.6 Å². The molecule has 0 heterocycles. The van der Waals surface area contributed by atoms with Crippen molar-refractivity contribution < 1.29 is 13.6 Å². The standard InChI is InChI=1S/C14H15ClF2O/c15-11-8-13(17)12(16)7-10(11)14(18)6-9-4-2-1-3-5-9/h7-9H,1-6H2. The molecule has 2 rings (SSSR count). The van der Waals surface area contributed by atoms with Crippen LogP contribution in [0.25, 0.3) is 0 Å². The number of Topliss-reactive ketones (excluding diaryl/α,β-unsaturated/α-hetero) is 1. The van der Waals surface area contributed by atoms with Crippen LogP contribution in [0.5, 0.6) is 0 Å². The largest absolute Gasteiger partial charge is 0.294 e. The zero-order valence-corrected chi connectivity index (χ0v) is 10.8. The molecule has 1 aromatic rings. The van der Waals surface area contributed by atoms with Gasteiger partial charge in [0, 0.05) is 12.0 Å². The molecule has 0 saturated heterocycles. The van der Waals surface area contributed by atoms with Crippen molar-refractivity contribution >= 4 is 17.4 Å². The second kappa shape index (κ2) is 5.79. The molecule has 1 aliphatic carbocycles. The second-order valence-electron chi connectivity index (χ2n) is 4.88. The van der Waals surface area contributed by atoms with Crippen molar-refractivity contribution in [2.45, 2.75) is 38.5 Å². The van der Waals surface area contributed by atoms with Crippen LogP contribution >= 0.6 is 11.6 Å². The van der Waals surface area contributed by atoms with Gasteiger partial charge in [0.1, 0.15) is 0 Å². The first kappa shape index (κ1) is 13.5. The van der Waals surface area contributed by atoms with E-state index in [1.165, 1.54) is 6.42 Å². The molecule has 0 unspecified atom stereocenters. The molecule has 0 bridgehead atoms. The van der Waals surface area contributed by atoms with Gasteiger partial charge in [-0.2, -0.15) is 0 Å². The minimum absolute atomic E-state index is 0.00490. The number of halogens is 3. The zero-order chi connectivity index (χ0) is 13.1. The van der Waals surface area contributed by atoms with Gasteiger partial charge >= 0.3 is 0 Å². The van der Waals surface area contributed by atoms with Gasteiger partial charge in [-0.05, 0) is 18.1 Å².